The van der Waals surface area contributed by atoms with Gasteiger partial charge in [0.05, 0.1) is 12.4 Å². The van der Waals surface area contributed by atoms with Crippen molar-refractivity contribution in [2.24, 2.45) is 5.73 Å². The maximum atomic E-state index is 11.8. The molecule has 0 saturated heterocycles. The van der Waals surface area contributed by atoms with E-state index in [1.165, 1.54) is 0 Å². The van der Waals surface area contributed by atoms with Crippen molar-refractivity contribution in [2.45, 2.75) is 19.0 Å². The van der Waals surface area contributed by atoms with E-state index in [-0.39, 0.29) is 5.91 Å². The summed E-state index contributed by atoms with van der Waals surface area (Å²) in [7, 11) is 0. The highest BCUT2D eigenvalue weighted by Gasteiger charge is 2.13. The van der Waals surface area contributed by atoms with Crippen molar-refractivity contribution < 1.29 is 4.79 Å². The van der Waals surface area contributed by atoms with Crippen LogP contribution >= 0.6 is 0 Å². The van der Waals surface area contributed by atoms with Gasteiger partial charge >= 0.3 is 0 Å². The third-order valence-electron chi connectivity index (χ3n) is 2.86. The van der Waals surface area contributed by atoms with E-state index in [0.29, 0.717) is 19.5 Å². The predicted molar refractivity (Wildman–Crippen MR) is 73.4 cm³/mol. The van der Waals surface area contributed by atoms with Gasteiger partial charge in [-0.2, -0.15) is 0 Å². The quantitative estimate of drug-likeness (QED) is 0.795. The molecule has 100 valence electrons. The Labute approximate surface area is 112 Å². The van der Waals surface area contributed by atoms with Crippen LogP contribution in [0.2, 0.25) is 0 Å². The number of aromatic nitrogens is 2. The van der Waals surface area contributed by atoms with E-state index in [1.807, 2.05) is 41.1 Å². The van der Waals surface area contributed by atoms with Crippen molar-refractivity contribution in [3.8, 4) is 0 Å². The number of carbonyl (C=O) groups excluding carboxylic acids is 1. The van der Waals surface area contributed by atoms with Crippen LogP contribution in [0.3, 0.4) is 0 Å². The number of hydrogen-bond acceptors (Lipinski definition) is 3. The van der Waals surface area contributed by atoms with E-state index in [4.69, 9.17) is 5.73 Å². The molecule has 0 aliphatic carbocycles. The second-order valence-corrected chi connectivity index (χ2v) is 4.39. The molecule has 19 heavy (non-hydrogen) atoms. The number of carbonyl (C=O) groups is 1. The molecule has 0 aliphatic heterocycles. The lowest BCUT2D eigenvalue weighted by atomic mass is 10.1. The number of hydrogen-bond donors (Lipinski definition) is 2. The predicted octanol–water partition coefficient (Wildman–Crippen LogP) is 0.569. The van der Waals surface area contributed by atoms with Gasteiger partial charge in [-0.25, -0.2) is 4.98 Å². The monoisotopic (exact) mass is 258 g/mol. The number of nitrogens with one attached hydrogen (secondary N) is 1. The van der Waals surface area contributed by atoms with Gasteiger partial charge in [0, 0.05) is 25.5 Å². The molecule has 0 bridgehead atoms. The van der Waals surface area contributed by atoms with Gasteiger partial charge in [0.1, 0.15) is 0 Å². The number of imidazole rings is 1. The normalized spacial score (nSPS) is 12.1. The molecule has 0 unspecified atom stereocenters. The van der Waals surface area contributed by atoms with Gasteiger partial charge in [-0.3, -0.25) is 4.79 Å². The van der Waals surface area contributed by atoms with Crippen molar-refractivity contribution in [3.63, 3.8) is 0 Å². The molecule has 5 nitrogen and oxygen atoms in total. The van der Waals surface area contributed by atoms with E-state index in [0.717, 1.165) is 5.56 Å². The Morgan fingerprint density at radius 2 is 2.16 bits per heavy atom. The van der Waals surface area contributed by atoms with Crippen molar-refractivity contribution in [2.75, 3.05) is 6.54 Å². The fourth-order valence-corrected chi connectivity index (χ4v) is 1.82. The van der Waals surface area contributed by atoms with Gasteiger partial charge in [0.2, 0.25) is 5.91 Å². The maximum absolute atomic E-state index is 11.8. The Morgan fingerprint density at radius 1 is 1.37 bits per heavy atom. The highest BCUT2D eigenvalue weighted by molar-refractivity contribution is 5.81. The van der Waals surface area contributed by atoms with Crippen LogP contribution in [0.25, 0.3) is 0 Å². The lowest BCUT2D eigenvalue weighted by Crippen LogP contribution is -2.43. The second-order valence-electron chi connectivity index (χ2n) is 4.39. The standard InChI is InChI=1S/C14H18N4O/c15-13(10-12-4-2-1-3-5-12)14(19)17-7-9-18-8-6-16-11-18/h1-6,8,11,13H,7,9-10,15H2,(H,17,19)/t13-/m1/s1. The van der Waals surface area contributed by atoms with E-state index in [2.05, 4.69) is 10.3 Å². The SMILES string of the molecule is N[C@H](Cc1ccccc1)C(=O)NCCn1ccnc1. The lowest BCUT2D eigenvalue weighted by Gasteiger charge is -2.12. The van der Waals surface area contributed by atoms with Gasteiger partial charge in [-0.1, -0.05) is 30.3 Å². The third-order valence-corrected chi connectivity index (χ3v) is 2.86. The molecule has 1 amide bonds. The minimum Gasteiger partial charge on any atom is -0.353 e. The van der Waals surface area contributed by atoms with E-state index in [1.54, 1.807) is 12.5 Å². The average Bonchev–Trinajstić information content (AvgIpc) is 2.93. The topological polar surface area (TPSA) is 72.9 Å². The molecule has 1 atom stereocenters. The molecular formula is C14H18N4O. The van der Waals surface area contributed by atoms with E-state index < -0.39 is 6.04 Å². The van der Waals surface area contributed by atoms with Gasteiger partial charge < -0.3 is 15.6 Å². The second kappa shape index (κ2) is 6.70. The number of nitrogens with two attached hydrogens (primary N) is 1. The summed E-state index contributed by atoms with van der Waals surface area (Å²) in [5, 5.41) is 2.83. The zero-order valence-corrected chi connectivity index (χ0v) is 10.7. The molecular weight excluding hydrogens is 240 g/mol. The smallest absolute Gasteiger partial charge is 0.237 e. The highest BCUT2D eigenvalue weighted by atomic mass is 16.2. The first-order chi connectivity index (χ1) is 9.25. The van der Waals surface area contributed by atoms with Crippen LogP contribution in [0.1, 0.15) is 5.56 Å². The van der Waals surface area contributed by atoms with Crippen LogP contribution in [0.4, 0.5) is 0 Å². The van der Waals surface area contributed by atoms with Crippen LogP contribution < -0.4 is 11.1 Å². The lowest BCUT2D eigenvalue weighted by molar-refractivity contribution is -0.122. The number of nitrogens with zero attached hydrogens (tertiary/aromatic N) is 2. The fourth-order valence-electron chi connectivity index (χ4n) is 1.82. The summed E-state index contributed by atoms with van der Waals surface area (Å²) < 4.78 is 1.91. The van der Waals surface area contributed by atoms with Crippen molar-refractivity contribution in [1.29, 1.82) is 0 Å². The maximum Gasteiger partial charge on any atom is 0.237 e. The Balaban J connectivity index is 1.73. The summed E-state index contributed by atoms with van der Waals surface area (Å²) in [6, 6.07) is 9.26. The molecule has 2 rings (SSSR count). The molecule has 3 N–H and O–H groups in total. The molecule has 1 aromatic heterocycles. The van der Waals surface area contributed by atoms with Crippen LogP contribution in [0.15, 0.2) is 49.1 Å². The minimum absolute atomic E-state index is 0.121. The molecule has 0 radical (unpaired) electrons. The first kappa shape index (κ1) is 13.3. The minimum atomic E-state index is -0.509. The molecule has 2 aromatic rings. The summed E-state index contributed by atoms with van der Waals surface area (Å²) in [6.45, 7) is 1.25. The van der Waals surface area contributed by atoms with Crippen LogP contribution in [0, 0.1) is 0 Å². The Bertz CT molecular complexity index is 495. The fraction of sp³-hybridized carbons (Fsp3) is 0.286. The van der Waals surface area contributed by atoms with Crippen LogP contribution in [0.5, 0.6) is 0 Å². The Hall–Kier alpha value is -2.14. The molecule has 1 heterocycles. The summed E-state index contributed by atoms with van der Waals surface area (Å²) in [5.74, 6) is -0.121. The zero-order valence-electron chi connectivity index (χ0n) is 10.7. The summed E-state index contributed by atoms with van der Waals surface area (Å²) in [5.41, 5.74) is 6.95. The molecule has 0 saturated carbocycles. The van der Waals surface area contributed by atoms with Crippen molar-refractivity contribution in [3.05, 3.63) is 54.6 Å². The van der Waals surface area contributed by atoms with E-state index >= 15 is 0 Å². The van der Waals surface area contributed by atoms with Crippen molar-refractivity contribution in [1.82, 2.24) is 14.9 Å². The number of rotatable bonds is 6. The number of amides is 1. The molecule has 0 aliphatic rings. The first-order valence-electron chi connectivity index (χ1n) is 6.28. The Morgan fingerprint density at radius 3 is 2.84 bits per heavy atom. The molecule has 0 spiro atoms. The zero-order chi connectivity index (χ0) is 13.5. The van der Waals surface area contributed by atoms with Gasteiger partial charge in [-0.05, 0) is 12.0 Å². The summed E-state index contributed by atoms with van der Waals surface area (Å²) in [6.07, 6.45) is 5.84. The van der Waals surface area contributed by atoms with Gasteiger partial charge in [0.25, 0.3) is 0 Å². The molecule has 0 fully saturated rings. The summed E-state index contributed by atoms with van der Waals surface area (Å²) in [4.78, 5) is 15.8. The summed E-state index contributed by atoms with van der Waals surface area (Å²) >= 11 is 0. The van der Waals surface area contributed by atoms with E-state index in [9.17, 15) is 4.79 Å². The number of benzene rings is 1. The van der Waals surface area contributed by atoms with Crippen molar-refractivity contribution >= 4 is 5.91 Å². The van der Waals surface area contributed by atoms with Crippen LogP contribution in [-0.4, -0.2) is 28.0 Å². The largest absolute Gasteiger partial charge is 0.353 e. The Kier molecular flexibility index (Phi) is 4.69. The van der Waals surface area contributed by atoms with Crippen LogP contribution in [-0.2, 0) is 17.8 Å². The molecule has 5 heteroatoms. The highest BCUT2D eigenvalue weighted by Crippen LogP contribution is 2.01. The average molecular weight is 258 g/mol. The molecule has 1 aromatic carbocycles. The first-order valence-corrected chi connectivity index (χ1v) is 6.28. The van der Waals surface area contributed by atoms with Gasteiger partial charge in [0.15, 0.2) is 0 Å². The third kappa shape index (κ3) is 4.22. The van der Waals surface area contributed by atoms with Gasteiger partial charge in [-0.15, -0.1) is 0 Å².